The van der Waals surface area contributed by atoms with Gasteiger partial charge in [0.1, 0.15) is 0 Å². The molecular formula is C24H54O3PSi2+. The minimum absolute atomic E-state index is 1.18. The molecule has 0 heterocycles. The van der Waals surface area contributed by atoms with Crippen molar-refractivity contribution < 1.29 is 13.0 Å². The van der Waals surface area contributed by atoms with Gasteiger partial charge >= 0.3 is 8.25 Å². The predicted molar refractivity (Wildman–Crippen MR) is 140 cm³/mol. The van der Waals surface area contributed by atoms with E-state index in [4.69, 9.17) is 8.43 Å². The maximum absolute atomic E-state index is 12.8. The average Bonchev–Trinajstić information content (AvgIpc) is 2.74. The summed E-state index contributed by atoms with van der Waals surface area (Å²) in [5.41, 5.74) is 0. The van der Waals surface area contributed by atoms with Crippen LogP contribution in [0, 0.1) is 0 Å². The van der Waals surface area contributed by atoms with Gasteiger partial charge in [-0.25, -0.2) is 0 Å². The van der Waals surface area contributed by atoms with E-state index in [1.54, 1.807) is 0 Å². The molecule has 0 aromatic carbocycles. The fourth-order valence-corrected chi connectivity index (χ4v) is 11.8. The van der Waals surface area contributed by atoms with Crippen molar-refractivity contribution in [1.82, 2.24) is 0 Å². The molecular weight excluding hydrogens is 423 g/mol. The van der Waals surface area contributed by atoms with E-state index in [1.165, 1.54) is 127 Å². The molecule has 0 atom stereocenters. The first-order valence-corrected chi connectivity index (χ1v) is 18.8. The van der Waals surface area contributed by atoms with Crippen LogP contribution in [0.15, 0.2) is 0 Å². The Bertz CT molecular complexity index is 316. The molecule has 0 aliphatic heterocycles. The molecule has 0 saturated carbocycles. The molecule has 0 aliphatic carbocycles. The Balaban J connectivity index is 4.50. The summed E-state index contributed by atoms with van der Waals surface area (Å²) in [6, 6.07) is 4.71. The van der Waals surface area contributed by atoms with Gasteiger partial charge in [0.15, 0.2) is 0 Å². The van der Waals surface area contributed by atoms with Gasteiger partial charge in [0, 0.05) is 4.57 Å². The van der Waals surface area contributed by atoms with Gasteiger partial charge in [0.2, 0.25) is 0 Å². The van der Waals surface area contributed by atoms with Gasteiger partial charge in [0.25, 0.3) is 18.1 Å². The molecule has 0 unspecified atom stereocenters. The quantitative estimate of drug-likeness (QED) is 0.0788. The highest BCUT2D eigenvalue weighted by Gasteiger charge is 2.32. The smallest absolute Gasteiger partial charge is 0.180 e. The summed E-state index contributed by atoms with van der Waals surface area (Å²) in [6.45, 7) is 9.03. The van der Waals surface area contributed by atoms with Crippen LogP contribution in [0.3, 0.4) is 0 Å². The van der Waals surface area contributed by atoms with Crippen molar-refractivity contribution in [3.63, 3.8) is 0 Å². The lowest BCUT2D eigenvalue weighted by Crippen LogP contribution is -2.18. The van der Waals surface area contributed by atoms with Crippen molar-refractivity contribution in [3.05, 3.63) is 0 Å². The second-order valence-corrected chi connectivity index (χ2v) is 16.0. The van der Waals surface area contributed by atoms with Gasteiger partial charge in [0.05, 0.1) is 0 Å². The average molecular weight is 478 g/mol. The van der Waals surface area contributed by atoms with E-state index >= 15 is 0 Å². The van der Waals surface area contributed by atoms with Gasteiger partial charge < -0.3 is 0 Å². The first-order chi connectivity index (χ1) is 14.7. The Morgan fingerprint density at radius 1 is 0.467 bits per heavy atom. The van der Waals surface area contributed by atoms with Crippen LogP contribution in [0.25, 0.3) is 0 Å². The largest absolute Gasteiger partial charge is 0.672 e. The van der Waals surface area contributed by atoms with Crippen LogP contribution in [0.2, 0.25) is 24.2 Å². The second-order valence-electron chi connectivity index (χ2n) is 9.08. The number of hydrogen-bond acceptors (Lipinski definition) is 3. The fourth-order valence-electron chi connectivity index (χ4n) is 3.96. The molecule has 6 heteroatoms. The Morgan fingerprint density at radius 2 is 0.733 bits per heavy atom. The molecule has 0 aliphatic rings. The molecule has 0 bridgehead atoms. The van der Waals surface area contributed by atoms with Crippen LogP contribution in [0.4, 0.5) is 0 Å². The highest BCUT2D eigenvalue weighted by Crippen LogP contribution is 2.32. The van der Waals surface area contributed by atoms with Crippen LogP contribution in [0.5, 0.6) is 0 Å². The summed E-state index contributed by atoms with van der Waals surface area (Å²) in [5, 5.41) is 0. The van der Waals surface area contributed by atoms with E-state index in [1.807, 2.05) is 0 Å². The van der Waals surface area contributed by atoms with E-state index in [2.05, 4.69) is 27.7 Å². The lowest BCUT2D eigenvalue weighted by Gasteiger charge is -2.11. The predicted octanol–water partition coefficient (Wildman–Crippen LogP) is 9.45. The molecule has 0 aromatic heterocycles. The standard InChI is InChI=1S/C24H54O3PSi2/c1-5-9-13-17-21-29(22-18-14-10-6-2)26-28(25)27-30(23-19-15-11-7-3)24-20-16-12-8-4/h29-30H,5-24H2,1-4H3/q+1. The number of rotatable bonds is 24. The lowest BCUT2D eigenvalue weighted by molar-refractivity contribution is 0.414. The van der Waals surface area contributed by atoms with Gasteiger partial charge in [-0.2, -0.15) is 8.43 Å². The summed E-state index contributed by atoms with van der Waals surface area (Å²) in [4.78, 5) is 0. The monoisotopic (exact) mass is 477 g/mol. The Kier molecular flexibility index (Phi) is 24.5. The summed E-state index contributed by atoms with van der Waals surface area (Å²) in [6.07, 6.45) is 20.5. The molecule has 3 nitrogen and oxygen atoms in total. The normalized spacial score (nSPS) is 11.7. The third kappa shape index (κ3) is 20.4. The molecule has 0 saturated heterocycles. The summed E-state index contributed by atoms with van der Waals surface area (Å²) in [5.74, 6) is 0. The second kappa shape index (κ2) is 24.1. The van der Waals surface area contributed by atoms with Gasteiger partial charge in [-0.1, -0.05) is 130 Å². The highest BCUT2D eigenvalue weighted by atomic mass is 31.1. The van der Waals surface area contributed by atoms with E-state index in [9.17, 15) is 4.57 Å². The molecule has 0 aromatic rings. The van der Waals surface area contributed by atoms with Crippen LogP contribution < -0.4 is 0 Å². The first-order valence-electron chi connectivity index (χ1n) is 13.5. The number of hydrogen-bond donors (Lipinski definition) is 0. The molecule has 0 rings (SSSR count). The zero-order chi connectivity index (χ0) is 22.3. The van der Waals surface area contributed by atoms with E-state index < -0.39 is 26.3 Å². The van der Waals surface area contributed by atoms with Crippen LogP contribution in [-0.4, -0.2) is 18.1 Å². The minimum Gasteiger partial charge on any atom is -0.180 e. The van der Waals surface area contributed by atoms with E-state index in [-0.39, 0.29) is 0 Å². The van der Waals surface area contributed by atoms with Crippen molar-refractivity contribution in [2.24, 2.45) is 0 Å². The zero-order valence-corrected chi connectivity index (χ0v) is 24.2. The van der Waals surface area contributed by atoms with Crippen LogP contribution >= 0.6 is 8.25 Å². The van der Waals surface area contributed by atoms with E-state index in [0.29, 0.717) is 0 Å². The first kappa shape index (κ1) is 30.5. The van der Waals surface area contributed by atoms with Crippen molar-refractivity contribution in [3.8, 4) is 0 Å². The van der Waals surface area contributed by atoms with Gasteiger partial charge in [-0.3, -0.25) is 0 Å². The van der Waals surface area contributed by atoms with E-state index in [0.717, 1.165) is 0 Å². The molecule has 0 fully saturated rings. The van der Waals surface area contributed by atoms with Gasteiger partial charge in [-0.15, -0.1) is 0 Å². The third-order valence-electron chi connectivity index (χ3n) is 5.99. The molecule has 0 N–H and O–H groups in total. The third-order valence-corrected chi connectivity index (χ3v) is 14.0. The maximum Gasteiger partial charge on any atom is 0.672 e. The van der Waals surface area contributed by atoms with Gasteiger partial charge in [-0.05, 0) is 24.2 Å². The Labute approximate surface area is 193 Å². The molecule has 30 heavy (non-hydrogen) atoms. The Morgan fingerprint density at radius 3 is 0.967 bits per heavy atom. The summed E-state index contributed by atoms with van der Waals surface area (Å²) < 4.78 is 25.1. The molecule has 0 amide bonds. The topological polar surface area (TPSA) is 35.5 Å². The van der Waals surface area contributed by atoms with Crippen molar-refractivity contribution in [1.29, 1.82) is 0 Å². The van der Waals surface area contributed by atoms with Crippen molar-refractivity contribution in [2.75, 3.05) is 0 Å². The van der Waals surface area contributed by atoms with Crippen molar-refractivity contribution >= 4 is 26.3 Å². The van der Waals surface area contributed by atoms with Crippen molar-refractivity contribution in [2.45, 2.75) is 155 Å². The summed E-state index contributed by atoms with van der Waals surface area (Å²) in [7, 11) is -4.68. The Hall–Kier alpha value is 0.454. The SMILES string of the molecule is CCCCCC[SiH](CCCCCC)O[P+](=O)O[SiH](CCCCCC)CCCCCC. The van der Waals surface area contributed by atoms with Crippen LogP contribution in [-0.2, 0) is 13.0 Å². The fraction of sp³-hybridized carbons (Fsp3) is 1.00. The molecule has 0 spiro atoms. The summed E-state index contributed by atoms with van der Waals surface area (Å²) >= 11 is 0. The maximum atomic E-state index is 12.8. The molecule has 180 valence electrons. The minimum atomic E-state index is -1.88. The highest BCUT2D eigenvalue weighted by molar-refractivity contribution is 7.37. The zero-order valence-electron chi connectivity index (χ0n) is 21.0. The number of unbranched alkanes of at least 4 members (excludes halogenated alkanes) is 12. The lowest BCUT2D eigenvalue weighted by atomic mass is 10.2. The van der Waals surface area contributed by atoms with Crippen LogP contribution in [0.1, 0.15) is 130 Å². The molecule has 0 radical (unpaired) electrons.